The molecule has 0 rings (SSSR count). The molecule has 7 heteroatoms. The van der Waals surface area contributed by atoms with Crippen LogP contribution in [0.5, 0.6) is 0 Å². The largest absolute Gasteiger partial charge is 0.350 e. The van der Waals surface area contributed by atoms with Crippen molar-refractivity contribution in [1.82, 2.24) is 16.0 Å². The fourth-order valence-electron chi connectivity index (χ4n) is 1.42. The van der Waals surface area contributed by atoms with Gasteiger partial charge in [0.2, 0.25) is 17.7 Å². The minimum atomic E-state index is -0.674. The molecule has 0 radical (unpaired) electrons. The molecule has 1 unspecified atom stereocenters. The highest BCUT2D eigenvalue weighted by Crippen LogP contribution is 1.99. The average Bonchev–Trinajstić information content (AvgIpc) is 2.32. The van der Waals surface area contributed by atoms with Crippen molar-refractivity contribution < 1.29 is 14.4 Å². The van der Waals surface area contributed by atoms with Crippen molar-refractivity contribution in [2.45, 2.75) is 59.2 Å². The van der Waals surface area contributed by atoms with Crippen molar-refractivity contribution in [3.8, 4) is 0 Å². The summed E-state index contributed by atoms with van der Waals surface area (Å²) in [4.78, 5) is 35.1. The average molecular weight is 300 g/mol. The first kappa shape index (κ1) is 19.4. The van der Waals surface area contributed by atoms with E-state index in [4.69, 9.17) is 5.73 Å². The smallest absolute Gasteiger partial charge is 0.242 e. The minimum absolute atomic E-state index is 0.00968. The van der Waals surface area contributed by atoms with Gasteiger partial charge >= 0.3 is 0 Å². The van der Waals surface area contributed by atoms with E-state index < -0.39 is 18.0 Å². The molecule has 3 amide bonds. The number of rotatable bonds is 6. The SMILES string of the molecule is CC(NC(=O)CNC(=O)[C@@H](N)C(C)C)C(=O)NC(C)(C)C. The second kappa shape index (κ2) is 7.97. The van der Waals surface area contributed by atoms with Gasteiger partial charge in [0.15, 0.2) is 0 Å². The van der Waals surface area contributed by atoms with Crippen molar-refractivity contribution in [3.05, 3.63) is 0 Å². The number of amides is 3. The van der Waals surface area contributed by atoms with E-state index in [1.807, 2.05) is 34.6 Å². The Labute approximate surface area is 126 Å². The highest BCUT2D eigenvalue weighted by Gasteiger charge is 2.21. The third kappa shape index (κ3) is 8.29. The summed E-state index contributed by atoms with van der Waals surface area (Å²) >= 11 is 0. The maximum Gasteiger partial charge on any atom is 0.242 e. The number of hydrogen-bond acceptors (Lipinski definition) is 4. The molecule has 0 bridgehead atoms. The van der Waals surface area contributed by atoms with E-state index in [1.54, 1.807) is 6.92 Å². The van der Waals surface area contributed by atoms with Gasteiger partial charge in [0.05, 0.1) is 12.6 Å². The van der Waals surface area contributed by atoms with Gasteiger partial charge in [-0.2, -0.15) is 0 Å². The summed E-state index contributed by atoms with van der Waals surface area (Å²) in [7, 11) is 0. The van der Waals surface area contributed by atoms with E-state index in [0.717, 1.165) is 0 Å². The Hall–Kier alpha value is -1.63. The van der Waals surface area contributed by atoms with E-state index >= 15 is 0 Å². The Morgan fingerprint density at radius 2 is 1.57 bits per heavy atom. The normalized spacial score (nSPS) is 14.3. The van der Waals surface area contributed by atoms with Crippen LogP contribution in [0.3, 0.4) is 0 Å². The number of hydrogen-bond donors (Lipinski definition) is 4. The third-order valence-electron chi connectivity index (χ3n) is 2.71. The number of carbonyl (C=O) groups is 3. The van der Waals surface area contributed by atoms with Gasteiger partial charge in [-0.25, -0.2) is 0 Å². The monoisotopic (exact) mass is 300 g/mol. The van der Waals surface area contributed by atoms with E-state index in [0.29, 0.717) is 0 Å². The van der Waals surface area contributed by atoms with Gasteiger partial charge in [-0.3, -0.25) is 14.4 Å². The Morgan fingerprint density at radius 3 is 2.00 bits per heavy atom. The summed E-state index contributed by atoms with van der Waals surface area (Å²) in [6.07, 6.45) is 0. The molecule has 7 nitrogen and oxygen atoms in total. The zero-order chi connectivity index (χ0) is 16.8. The maximum absolute atomic E-state index is 11.8. The van der Waals surface area contributed by atoms with Gasteiger partial charge in [-0.15, -0.1) is 0 Å². The van der Waals surface area contributed by atoms with E-state index in [9.17, 15) is 14.4 Å². The van der Waals surface area contributed by atoms with Gasteiger partial charge in [-0.1, -0.05) is 13.8 Å². The van der Waals surface area contributed by atoms with Crippen LogP contribution in [-0.4, -0.2) is 41.9 Å². The molecule has 5 N–H and O–H groups in total. The van der Waals surface area contributed by atoms with Crippen molar-refractivity contribution in [1.29, 1.82) is 0 Å². The first-order valence-electron chi connectivity index (χ1n) is 7.08. The van der Waals surface area contributed by atoms with E-state index in [-0.39, 0.29) is 29.8 Å². The standard InChI is InChI=1S/C14H28N4O3/c1-8(2)11(15)13(21)16-7-10(19)17-9(3)12(20)18-14(4,5)6/h8-9,11H,7,15H2,1-6H3,(H,16,21)(H,17,19)(H,18,20)/t9?,11-/m0/s1. The molecule has 0 aliphatic rings. The molecule has 0 saturated carbocycles. The van der Waals surface area contributed by atoms with Crippen LogP contribution in [0.2, 0.25) is 0 Å². The highest BCUT2D eigenvalue weighted by atomic mass is 16.2. The van der Waals surface area contributed by atoms with Crippen LogP contribution in [0.15, 0.2) is 0 Å². The number of nitrogens with one attached hydrogen (secondary N) is 3. The third-order valence-corrected chi connectivity index (χ3v) is 2.71. The molecule has 0 aromatic heterocycles. The molecule has 0 spiro atoms. The molecule has 2 atom stereocenters. The molecule has 122 valence electrons. The van der Waals surface area contributed by atoms with Crippen LogP contribution in [0.4, 0.5) is 0 Å². The van der Waals surface area contributed by atoms with Crippen LogP contribution >= 0.6 is 0 Å². The van der Waals surface area contributed by atoms with Crippen LogP contribution in [0.25, 0.3) is 0 Å². The van der Waals surface area contributed by atoms with E-state index in [1.165, 1.54) is 0 Å². The molecule has 21 heavy (non-hydrogen) atoms. The van der Waals surface area contributed by atoms with Gasteiger partial charge in [-0.05, 0) is 33.6 Å². The summed E-state index contributed by atoms with van der Waals surface area (Å²) in [6.45, 7) is 10.6. The van der Waals surface area contributed by atoms with Crippen molar-refractivity contribution >= 4 is 17.7 Å². The summed E-state index contributed by atoms with van der Waals surface area (Å²) in [5, 5.41) is 7.73. The van der Waals surface area contributed by atoms with Gasteiger partial charge in [0, 0.05) is 5.54 Å². The molecule has 0 heterocycles. The maximum atomic E-state index is 11.8. The number of nitrogens with two attached hydrogens (primary N) is 1. The quantitative estimate of drug-likeness (QED) is 0.530. The summed E-state index contributed by atoms with van der Waals surface area (Å²) in [5.41, 5.74) is 5.29. The second-order valence-electron chi connectivity index (χ2n) is 6.52. The number of carbonyl (C=O) groups excluding carboxylic acids is 3. The predicted molar refractivity (Wildman–Crippen MR) is 81.3 cm³/mol. The lowest BCUT2D eigenvalue weighted by molar-refractivity contribution is -0.130. The van der Waals surface area contributed by atoms with Crippen molar-refractivity contribution in [2.24, 2.45) is 11.7 Å². The second-order valence-corrected chi connectivity index (χ2v) is 6.52. The molecular formula is C14H28N4O3. The molecule has 0 fully saturated rings. The Kier molecular flexibility index (Phi) is 7.35. The first-order valence-corrected chi connectivity index (χ1v) is 7.08. The van der Waals surface area contributed by atoms with Crippen molar-refractivity contribution in [2.75, 3.05) is 6.54 Å². The topological polar surface area (TPSA) is 113 Å². The fourth-order valence-corrected chi connectivity index (χ4v) is 1.42. The molecule has 0 aliphatic carbocycles. The van der Waals surface area contributed by atoms with Gasteiger partial charge in [0.1, 0.15) is 6.04 Å². The summed E-state index contributed by atoms with van der Waals surface area (Å²) in [5.74, 6) is -1.10. The van der Waals surface area contributed by atoms with Gasteiger partial charge in [0.25, 0.3) is 0 Å². The predicted octanol–water partition coefficient (Wildman–Crippen LogP) is -0.495. The molecule has 0 saturated heterocycles. The highest BCUT2D eigenvalue weighted by molar-refractivity contribution is 5.91. The zero-order valence-corrected chi connectivity index (χ0v) is 13.7. The van der Waals surface area contributed by atoms with E-state index in [2.05, 4.69) is 16.0 Å². The van der Waals surface area contributed by atoms with Gasteiger partial charge < -0.3 is 21.7 Å². The lowest BCUT2D eigenvalue weighted by atomic mass is 10.1. The fraction of sp³-hybridized carbons (Fsp3) is 0.786. The zero-order valence-electron chi connectivity index (χ0n) is 13.7. The Bertz CT molecular complexity index is 388. The lowest BCUT2D eigenvalue weighted by Gasteiger charge is -2.23. The lowest BCUT2D eigenvalue weighted by Crippen LogP contribution is -2.53. The minimum Gasteiger partial charge on any atom is -0.350 e. The molecule has 0 aromatic rings. The summed E-state index contributed by atoms with van der Waals surface area (Å²) < 4.78 is 0. The van der Waals surface area contributed by atoms with Crippen LogP contribution in [0.1, 0.15) is 41.5 Å². The molecule has 0 aromatic carbocycles. The Morgan fingerprint density at radius 1 is 1.05 bits per heavy atom. The van der Waals surface area contributed by atoms with Crippen LogP contribution < -0.4 is 21.7 Å². The van der Waals surface area contributed by atoms with Crippen LogP contribution in [-0.2, 0) is 14.4 Å². The molecule has 0 aliphatic heterocycles. The summed E-state index contributed by atoms with van der Waals surface area (Å²) in [6, 6.07) is -1.33. The first-order chi connectivity index (χ1) is 9.44. The van der Waals surface area contributed by atoms with Crippen LogP contribution in [0, 0.1) is 5.92 Å². The Balaban J connectivity index is 4.21. The molecular weight excluding hydrogens is 272 g/mol. The van der Waals surface area contributed by atoms with Crippen molar-refractivity contribution in [3.63, 3.8) is 0 Å².